The van der Waals surface area contributed by atoms with E-state index in [2.05, 4.69) is 72.1 Å². The quantitative estimate of drug-likeness (QED) is 0.571. The van der Waals surface area contributed by atoms with Gasteiger partial charge in [0.1, 0.15) is 4.70 Å². The lowest BCUT2D eigenvalue weighted by atomic mass is 9.88. The summed E-state index contributed by atoms with van der Waals surface area (Å²) in [6.07, 6.45) is 10.0. The zero-order valence-corrected chi connectivity index (χ0v) is 12.2. The number of nitrogens with zero attached hydrogens (tertiary/aromatic N) is 1. The molecular formula is C18H16NS+. The van der Waals surface area contributed by atoms with Gasteiger partial charge in [-0.05, 0) is 25.5 Å². The molecule has 0 radical (unpaired) electrons. The van der Waals surface area contributed by atoms with Crippen molar-refractivity contribution in [2.24, 2.45) is 0 Å². The van der Waals surface area contributed by atoms with Crippen LogP contribution in [0.5, 0.6) is 0 Å². The Bertz CT molecular complexity index is 854. The Labute approximate surface area is 122 Å². The van der Waals surface area contributed by atoms with Crippen LogP contribution < -0.4 is 4.40 Å². The maximum absolute atomic E-state index is 2.33. The van der Waals surface area contributed by atoms with Crippen LogP contribution in [-0.2, 0) is 0 Å². The number of rotatable bonds is 1. The Morgan fingerprint density at radius 3 is 3.00 bits per heavy atom. The molecule has 0 saturated carbocycles. The molecule has 0 saturated heterocycles. The highest BCUT2D eigenvalue weighted by molar-refractivity contribution is 7.23. The Morgan fingerprint density at radius 2 is 2.10 bits per heavy atom. The number of benzene rings is 1. The lowest BCUT2D eigenvalue weighted by Crippen LogP contribution is -2.20. The van der Waals surface area contributed by atoms with Crippen LogP contribution in [0, 0.1) is 0 Å². The fourth-order valence-electron chi connectivity index (χ4n) is 3.04. The van der Waals surface area contributed by atoms with Crippen molar-refractivity contribution in [3.05, 3.63) is 72.0 Å². The van der Waals surface area contributed by atoms with E-state index in [1.165, 1.54) is 26.2 Å². The van der Waals surface area contributed by atoms with Gasteiger partial charge in [0.15, 0.2) is 6.20 Å². The highest BCUT2D eigenvalue weighted by Gasteiger charge is 2.22. The van der Waals surface area contributed by atoms with Gasteiger partial charge in [0.25, 0.3) is 4.83 Å². The lowest BCUT2D eigenvalue weighted by molar-refractivity contribution is -0.478. The van der Waals surface area contributed by atoms with Gasteiger partial charge in [-0.15, -0.1) is 4.40 Å². The van der Waals surface area contributed by atoms with E-state index in [1.807, 2.05) is 11.3 Å². The molecule has 2 aromatic heterocycles. The SMILES string of the molecule is CC1=CC=CC(c2cccc3sc4cccc[n+]4c23)C1. The van der Waals surface area contributed by atoms with Gasteiger partial charge < -0.3 is 0 Å². The molecule has 0 spiro atoms. The van der Waals surface area contributed by atoms with Crippen molar-refractivity contribution in [3.63, 3.8) is 0 Å². The molecule has 20 heavy (non-hydrogen) atoms. The second-order valence-corrected chi connectivity index (χ2v) is 6.48. The third-order valence-electron chi connectivity index (χ3n) is 3.97. The Morgan fingerprint density at radius 1 is 1.15 bits per heavy atom. The van der Waals surface area contributed by atoms with Crippen LogP contribution in [0.2, 0.25) is 0 Å². The molecule has 1 aliphatic carbocycles. The molecule has 0 N–H and O–H groups in total. The largest absolute Gasteiger partial charge is 0.268 e. The highest BCUT2D eigenvalue weighted by Crippen LogP contribution is 2.34. The van der Waals surface area contributed by atoms with E-state index in [1.54, 1.807) is 0 Å². The van der Waals surface area contributed by atoms with Crippen LogP contribution in [0.15, 0.2) is 66.4 Å². The summed E-state index contributed by atoms with van der Waals surface area (Å²) in [5.41, 5.74) is 4.27. The summed E-state index contributed by atoms with van der Waals surface area (Å²) in [5.74, 6) is 0.495. The highest BCUT2D eigenvalue weighted by atomic mass is 32.1. The molecule has 4 rings (SSSR count). The third kappa shape index (κ3) is 1.80. The maximum atomic E-state index is 2.33. The van der Waals surface area contributed by atoms with Crippen molar-refractivity contribution >= 4 is 26.4 Å². The topological polar surface area (TPSA) is 4.10 Å². The molecule has 0 bridgehead atoms. The van der Waals surface area contributed by atoms with Gasteiger partial charge in [-0.25, -0.2) is 0 Å². The van der Waals surface area contributed by atoms with E-state index < -0.39 is 0 Å². The summed E-state index contributed by atoms with van der Waals surface area (Å²) < 4.78 is 3.70. The van der Waals surface area contributed by atoms with E-state index in [0.29, 0.717) is 5.92 Å². The molecule has 2 heteroatoms. The maximum Gasteiger partial charge on any atom is 0.268 e. The molecule has 1 nitrogen and oxygen atoms in total. The van der Waals surface area contributed by atoms with Crippen LogP contribution in [-0.4, -0.2) is 0 Å². The molecule has 1 unspecified atom stereocenters. The Balaban J connectivity index is 2.00. The van der Waals surface area contributed by atoms with Gasteiger partial charge in [0.2, 0.25) is 5.52 Å². The third-order valence-corrected chi connectivity index (χ3v) is 5.06. The standard InChI is InChI=1S/C18H16NS/c1-13-6-4-7-14(12-13)15-8-5-9-16-18(15)19-11-3-2-10-17(19)20-16/h2-11,14H,12H2,1H3/q+1. The summed E-state index contributed by atoms with van der Waals surface area (Å²) in [4.78, 5) is 1.31. The lowest BCUT2D eigenvalue weighted by Gasteiger charge is -2.15. The predicted molar refractivity (Wildman–Crippen MR) is 85.2 cm³/mol. The summed E-state index contributed by atoms with van der Waals surface area (Å²) >= 11 is 1.86. The van der Waals surface area contributed by atoms with Crippen LogP contribution in [0.1, 0.15) is 24.8 Å². The first kappa shape index (κ1) is 11.9. The van der Waals surface area contributed by atoms with Crippen molar-refractivity contribution in [1.82, 2.24) is 0 Å². The second-order valence-electron chi connectivity index (χ2n) is 5.41. The zero-order chi connectivity index (χ0) is 13.5. The normalized spacial score (nSPS) is 18.6. The van der Waals surface area contributed by atoms with E-state index in [-0.39, 0.29) is 0 Å². The van der Waals surface area contributed by atoms with Crippen molar-refractivity contribution in [3.8, 4) is 0 Å². The molecule has 1 atom stereocenters. The summed E-state index contributed by atoms with van der Waals surface area (Å²) in [6, 6.07) is 13.1. The minimum Gasteiger partial charge on any atom is -0.150 e. The van der Waals surface area contributed by atoms with E-state index in [4.69, 9.17) is 0 Å². The first-order valence-corrected chi connectivity index (χ1v) is 7.80. The van der Waals surface area contributed by atoms with Crippen LogP contribution in [0.4, 0.5) is 0 Å². The average molecular weight is 278 g/mol. The van der Waals surface area contributed by atoms with E-state index >= 15 is 0 Å². The molecule has 0 aliphatic heterocycles. The van der Waals surface area contributed by atoms with Gasteiger partial charge >= 0.3 is 0 Å². The summed E-state index contributed by atoms with van der Waals surface area (Å²) in [7, 11) is 0. The average Bonchev–Trinajstić information content (AvgIpc) is 2.85. The predicted octanol–water partition coefficient (Wildman–Crippen LogP) is 4.63. The number of aromatic nitrogens is 1. The van der Waals surface area contributed by atoms with Crippen LogP contribution in [0.3, 0.4) is 0 Å². The van der Waals surface area contributed by atoms with Crippen molar-refractivity contribution in [2.75, 3.05) is 0 Å². The first-order valence-electron chi connectivity index (χ1n) is 6.99. The smallest absolute Gasteiger partial charge is 0.150 e. The number of fused-ring (bicyclic) bond motifs is 3. The fourth-order valence-corrected chi connectivity index (χ4v) is 4.12. The molecule has 2 heterocycles. The molecule has 0 amide bonds. The van der Waals surface area contributed by atoms with Gasteiger partial charge in [0.05, 0.1) is 0 Å². The van der Waals surface area contributed by atoms with Crippen LogP contribution >= 0.6 is 11.3 Å². The van der Waals surface area contributed by atoms with Gasteiger partial charge in [-0.1, -0.05) is 47.3 Å². The molecule has 1 aliphatic rings. The second kappa shape index (κ2) is 4.57. The summed E-state index contributed by atoms with van der Waals surface area (Å²) in [5, 5.41) is 0. The zero-order valence-electron chi connectivity index (χ0n) is 11.4. The molecule has 98 valence electrons. The van der Waals surface area contributed by atoms with Gasteiger partial charge in [-0.2, -0.15) is 0 Å². The minimum absolute atomic E-state index is 0.495. The monoisotopic (exact) mass is 278 g/mol. The van der Waals surface area contributed by atoms with Crippen molar-refractivity contribution in [2.45, 2.75) is 19.3 Å². The number of pyridine rings is 1. The molecule has 0 fully saturated rings. The molecule has 1 aromatic carbocycles. The van der Waals surface area contributed by atoms with Crippen molar-refractivity contribution in [1.29, 1.82) is 0 Å². The Hall–Kier alpha value is -1.93. The van der Waals surface area contributed by atoms with Gasteiger partial charge in [-0.3, -0.25) is 0 Å². The van der Waals surface area contributed by atoms with E-state index in [0.717, 1.165) is 6.42 Å². The molecular weight excluding hydrogens is 262 g/mol. The fraction of sp³-hybridized carbons (Fsp3) is 0.167. The Kier molecular flexibility index (Phi) is 2.71. The summed E-state index contributed by atoms with van der Waals surface area (Å²) in [6.45, 7) is 2.22. The van der Waals surface area contributed by atoms with Gasteiger partial charge in [0, 0.05) is 23.6 Å². The van der Waals surface area contributed by atoms with Crippen LogP contribution in [0.25, 0.3) is 15.0 Å². The van der Waals surface area contributed by atoms with Crippen molar-refractivity contribution < 1.29 is 4.40 Å². The number of thiazole rings is 1. The number of allylic oxidation sites excluding steroid dienone is 4. The first-order chi connectivity index (χ1) is 9.83. The molecule has 3 aromatic rings. The number of hydrogen-bond acceptors (Lipinski definition) is 1. The number of hydrogen-bond donors (Lipinski definition) is 0. The minimum atomic E-state index is 0.495. The van der Waals surface area contributed by atoms with E-state index in [9.17, 15) is 0 Å². The number of para-hydroxylation sites is 1.